The highest BCUT2D eigenvalue weighted by Gasteiger charge is 2.30. The van der Waals surface area contributed by atoms with E-state index in [2.05, 4.69) is 25.5 Å². The van der Waals surface area contributed by atoms with Crippen molar-refractivity contribution < 1.29 is 17.6 Å². The van der Waals surface area contributed by atoms with Crippen molar-refractivity contribution in [2.45, 2.75) is 19.0 Å². The minimum Gasteiger partial charge on any atom is -0.366 e. The summed E-state index contributed by atoms with van der Waals surface area (Å²) in [5.74, 6) is -0.494. The van der Waals surface area contributed by atoms with Gasteiger partial charge in [0.25, 0.3) is 0 Å². The number of aromatic nitrogens is 5. The monoisotopic (exact) mass is 406 g/mol. The Hall–Kier alpha value is -3.50. The van der Waals surface area contributed by atoms with Gasteiger partial charge in [-0.15, -0.1) is 5.10 Å². The highest BCUT2D eigenvalue weighted by atomic mass is 19.4. The van der Waals surface area contributed by atoms with Crippen molar-refractivity contribution in [2.24, 2.45) is 0 Å². The maximum atomic E-state index is 13.6. The predicted molar refractivity (Wildman–Crippen MR) is 97.2 cm³/mol. The van der Waals surface area contributed by atoms with Gasteiger partial charge in [0.05, 0.1) is 16.6 Å². The van der Waals surface area contributed by atoms with E-state index in [9.17, 15) is 22.4 Å². The van der Waals surface area contributed by atoms with E-state index >= 15 is 0 Å². The SMILES string of the molecule is CC(CNc1nc2ccc(F)cc2n2c(=O)[nH]nc12)c1ccc(C(F)(F)F)cn1. The van der Waals surface area contributed by atoms with Gasteiger partial charge in [-0.1, -0.05) is 6.92 Å². The molecule has 150 valence electrons. The van der Waals surface area contributed by atoms with E-state index in [0.717, 1.165) is 12.3 Å². The summed E-state index contributed by atoms with van der Waals surface area (Å²) in [6, 6.07) is 6.15. The van der Waals surface area contributed by atoms with Crippen molar-refractivity contribution in [3.8, 4) is 0 Å². The van der Waals surface area contributed by atoms with Gasteiger partial charge in [0.15, 0.2) is 5.82 Å². The normalized spacial score (nSPS) is 13.1. The summed E-state index contributed by atoms with van der Waals surface area (Å²) < 4.78 is 52.8. The topological polar surface area (TPSA) is 88.0 Å². The summed E-state index contributed by atoms with van der Waals surface area (Å²) in [4.78, 5) is 20.4. The number of H-pyrrole nitrogens is 1. The van der Waals surface area contributed by atoms with Crippen molar-refractivity contribution >= 4 is 22.5 Å². The number of rotatable bonds is 4. The lowest BCUT2D eigenvalue weighted by Crippen LogP contribution is -2.16. The molecule has 0 spiro atoms. The zero-order valence-corrected chi connectivity index (χ0v) is 15.0. The average Bonchev–Trinajstić information content (AvgIpc) is 3.08. The average molecular weight is 406 g/mol. The number of nitrogens with one attached hydrogen (secondary N) is 2. The lowest BCUT2D eigenvalue weighted by Gasteiger charge is -2.14. The Bertz CT molecular complexity index is 1250. The number of nitrogens with zero attached hydrogens (tertiary/aromatic N) is 4. The van der Waals surface area contributed by atoms with Crippen LogP contribution in [0, 0.1) is 5.82 Å². The van der Waals surface area contributed by atoms with Gasteiger partial charge in [-0.2, -0.15) is 13.2 Å². The van der Waals surface area contributed by atoms with E-state index in [1.165, 1.54) is 28.7 Å². The van der Waals surface area contributed by atoms with E-state index in [1.807, 2.05) is 0 Å². The molecular weight excluding hydrogens is 392 g/mol. The fourth-order valence-electron chi connectivity index (χ4n) is 2.96. The molecular formula is C18H14F4N6O. The number of fused-ring (bicyclic) bond motifs is 3. The molecule has 3 heterocycles. The molecule has 1 atom stereocenters. The molecule has 0 fully saturated rings. The van der Waals surface area contributed by atoms with Crippen LogP contribution in [-0.4, -0.2) is 31.1 Å². The van der Waals surface area contributed by atoms with Crippen molar-refractivity contribution in [1.82, 2.24) is 24.6 Å². The van der Waals surface area contributed by atoms with Crippen molar-refractivity contribution in [2.75, 3.05) is 11.9 Å². The number of pyridine rings is 1. The molecule has 0 bridgehead atoms. The summed E-state index contributed by atoms with van der Waals surface area (Å²) in [6.07, 6.45) is -3.65. The Morgan fingerprint density at radius 1 is 1.24 bits per heavy atom. The molecule has 1 unspecified atom stereocenters. The lowest BCUT2D eigenvalue weighted by molar-refractivity contribution is -0.137. The highest BCUT2D eigenvalue weighted by molar-refractivity contribution is 5.82. The Labute approximate surface area is 160 Å². The third kappa shape index (κ3) is 3.50. The van der Waals surface area contributed by atoms with Crippen molar-refractivity contribution in [3.05, 3.63) is 64.1 Å². The van der Waals surface area contributed by atoms with Crippen LogP contribution in [0.25, 0.3) is 16.7 Å². The van der Waals surface area contributed by atoms with Crippen molar-refractivity contribution in [3.63, 3.8) is 0 Å². The number of aromatic amines is 1. The Morgan fingerprint density at radius 2 is 2.03 bits per heavy atom. The first-order valence-corrected chi connectivity index (χ1v) is 8.57. The summed E-state index contributed by atoms with van der Waals surface area (Å²) in [5.41, 5.74) is -0.0719. The summed E-state index contributed by atoms with van der Waals surface area (Å²) in [7, 11) is 0. The fraction of sp³-hybridized carbons (Fsp3) is 0.222. The molecule has 4 rings (SSSR count). The number of alkyl halides is 3. The predicted octanol–water partition coefficient (Wildman–Crippen LogP) is 3.34. The molecule has 0 saturated heterocycles. The molecule has 29 heavy (non-hydrogen) atoms. The highest BCUT2D eigenvalue weighted by Crippen LogP contribution is 2.29. The first kappa shape index (κ1) is 18.8. The molecule has 3 aromatic heterocycles. The summed E-state index contributed by atoms with van der Waals surface area (Å²) in [5, 5.41) is 9.27. The van der Waals surface area contributed by atoms with Crippen molar-refractivity contribution in [1.29, 1.82) is 0 Å². The van der Waals surface area contributed by atoms with E-state index in [0.29, 0.717) is 11.2 Å². The number of halogens is 4. The second kappa shape index (κ2) is 6.83. The van der Waals surface area contributed by atoms with Gasteiger partial charge >= 0.3 is 11.9 Å². The molecule has 2 N–H and O–H groups in total. The van der Waals surface area contributed by atoms with E-state index in [-0.39, 0.29) is 29.4 Å². The van der Waals surface area contributed by atoms with Crippen LogP contribution in [0.4, 0.5) is 23.4 Å². The van der Waals surface area contributed by atoms with E-state index < -0.39 is 23.2 Å². The minimum absolute atomic E-state index is 0.181. The third-order valence-corrected chi connectivity index (χ3v) is 4.49. The number of hydrogen-bond acceptors (Lipinski definition) is 5. The molecule has 0 aliphatic rings. The number of benzene rings is 1. The maximum Gasteiger partial charge on any atom is 0.417 e. The van der Waals surface area contributed by atoms with Gasteiger partial charge in [0.2, 0.25) is 5.65 Å². The van der Waals surface area contributed by atoms with E-state index in [1.54, 1.807) is 6.92 Å². The van der Waals surface area contributed by atoms with Crippen LogP contribution in [-0.2, 0) is 6.18 Å². The van der Waals surface area contributed by atoms with Gasteiger partial charge in [-0.25, -0.2) is 23.7 Å². The van der Waals surface area contributed by atoms with Gasteiger partial charge in [0.1, 0.15) is 5.82 Å². The zero-order valence-electron chi connectivity index (χ0n) is 15.0. The molecule has 4 aromatic rings. The Kier molecular flexibility index (Phi) is 4.44. The van der Waals surface area contributed by atoms with E-state index in [4.69, 9.17) is 0 Å². The van der Waals surface area contributed by atoms with Crippen LogP contribution in [0.5, 0.6) is 0 Å². The number of hydrogen-bond donors (Lipinski definition) is 2. The Morgan fingerprint density at radius 3 is 2.72 bits per heavy atom. The van der Waals surface area contributed by atoms with Crippen LogP contribution in [0.1, 0.15) is 24.1 Å². The third-order valence-electron chi connectivity index (χ3n) is 4.49. The van der Waals surface area contributed by atoms with Gasteiger partial charge in [0, 0.05) is 30.4 Å². The van der Waals surface area contributed by atoms with Gasteiger partial charge < -0.3 is 5.32 Å². The molecule has 11 heteroatoms. The van der Waals surface area contributed by atoms with Crippen LogP contribution >= 0.6 is 0 Å². The largest absolute Gasteiger partial charge is 0.417 e. The standard InChI is InChI=1S/C18H14F4N6O/c1-9(12-4-2-10(8-23-12)18(20,21)22)7-24-15-16-26-27-17(29)28(16)14-6-11(19)3-5-13(14)25-15/h2-6,8-9H,7H2,1H3,(H,24,25)(H,27,29). The molecule has 1 aromatic carbocycles. The maximum absolute atomic E-state index is 13.6. The lowest BCUT2D eigenvalue weighted by atomic mass is 10.1. The summed E-state index contributed by atoms with van der Waals surface area (Å²) in [6.45, 7) is 2.06. The molecule has 0 amide bonds. The molecule has 0 aliphatic heterocycles. The van der Waals surface area contributed by atoms with Crippen LogP contribution in [0.3, 0.4) is 0 Å². The van der Waals surface area contributed by atoms with Crippen LogP contribution < -0.4 is 11.0 Å². The molecule has 0 radical (unpaired) electrons. The number of anilines is 1. The molecule has 0 aliphatic carbocycles. The van der Waals surface area contributed by atoms with Gasteiger partial charge in [-0.3, -0.25) is 4.98 Å². The first-order chi connectivity index (χ1) is 13.7. The van der Waals surface area contributed by atoms with Crippen LogP contribution in [0.2, 0.25) is 0 Å². The smallest absolute Gasteiger partial charge is 0.366 e. The van der Waals surface area contributed by atoms with Crippen LogP contribution in [0.15, 0.2) is 41.3 Å². The zero-order chi connectivity index (χ0) is 20.8. The fourth-order valence-corrected chi connectivity index (χ4v) is 2.96. The second-order valence-electron chi connectivity index (χ2n) is 6.53. The Balaban J connectivity index is 1.62. The quantitative estimate of drug-likeness (QED) is 0.508. The van der Waals surface area contributed by atoms with Gasteiger partial charge in [-0.05, 0) is 24.3 Å². The first-order valence-electron chi connectivity index (χ1n) is 8.57. The second-order valence-corrected chi connectivity index (χ2v) is 6.53. The molecule has 7 nitrogen and oxygen atoms in total. The molecule has 0 saturated carbocycles. The summed E-state index contributed by atoms with van der Waals surface area (Å²) >= 11 is 0. The minimum atomic E-state index is -4.44.